The Morgan fingerprint density at radius 2 is 2.11 bits per heavy atom. The summed E-state index contributed by atoms with van der Waals surface area (Å²) in [5, 5.41) is 0. The number of benzene rings is 1. The van der Waals surface area contributed by atoms with Crippen molar-refractivity contribution in [2.75, 3.05) is 33.4 Å². The van der Waals surface area contributed by atoms with Crippen LogP contribution in [0.4, 0.5) is 0 Å². The lowest BCUT2D eigenvalue weighted by Crippen LogP contribution is -2.32. The molecule has 2 heterocycles. The van der Waals surface area contributed by atoms with Gasteiger partial charge in [0.15, 0.2) is 5.76 Å². The SMILES string of the molecule is COc1ccc2c(c1)O/C(=C\N1CCOCC1)C2=O. The highest BCUT2D eigenvalue weighted by molar-refractivity contribution is 6.12. The third-order valence-corrected chi connectivity index (χ3v) is 3.22. The number of fused-ring (bicyclic) bond motifs is 1. The second-order valence-corrected chi connectivity index (χ2v) is 4.43. The van der Waals surface area contributed by atoms with Crippen LogP contribution in [0.1, 0.15) is 10.4 Å². The minimum atomic E-state index is -0.0795. The van der Waals surface area contributed by atoms with Gasteiger partial charge in [0.1, 0.15) is 11.5 Å². The van der Waals surface area contributed by atoms with Gasteiger partial charge in [-0.2, -0.15) is 0 Å². The minimum absolute atomic E-state index is 0.0795. The highest BCUT2D eigenvalue weighted by Crippen LogP contribution is 2.34. The average Bonchev–Trinajstić information content (AvgIpc) is 2.76. The third kappa shape index (κ3) is 2.29. The summed E-state index contributed by atoms with van der Waals surface area (Å²) in [5.41, 5.74) is 0.584. The van der Waals surface area contributed by atoms with E-state index in [1.807, 2.05) is 4.90 Å². The van der Waals surface area contributed by atoms with Crippen LogP contribution < -0.4 is 9.47 Å². The van der Waals surface area contributed by atoms with Crippen molar-refractivity contribution in [2.45, 2.75) is 0 Å². The fourth-order valence-corrected chi connectivity index (χ4v) is 2.16. The zero-order valence-electron chi connectivity index (χ0n) is 10.7. The molecule has 0 spiro atoms. The van der Waals surface area contributed by atoms with Gasteiger partial charge in [0, 0.05) is 25.4 Å². The Labute approximate surface area is 111 Å². The van der Waals surface area contributed by atoms with Gasteiger partial charge in [0.05, 0.1) is 25.9 Å². The van der Waals surface area contributed by atoms with Gasteiger partial charge in [-0.3, -0.25) is 4.79 Å². The Bertz CT molecular complexity index is 532. The van der Waals surface area contributed by atoms with Crippen LogP contribution in [0.5, 0.6) is 11.5 Å². The number of ether oxygens (including phenoxy) is 3. The van der Waals surface area contributed by atoms with E-state index >= 15 is 0 Å². The molecule has 0 radical (unpaired) electrons. The van der Waals surface area contributed by atoms with Crippen molar-refractivity contribution in [2.24, 2.45) is 0 Å². The monoisotopic (exact) mass is 261 g/mol. The van der Waals surface area contributed by atoms with Crippen molar-refractivity contribution >= 4 is 5.78 Å². The maximum Gasteiger partial charge on any atom is 0.233 e. The van der Waals surface area contributed by atoms with Crippen molar-refractivity contribution in [3.63, 3.8) is 0 Å². The number of carbonyl (C=O) groups excluding carboxylic acids is 1. The lowest BCUT2D eigenvalue weighted by molar-refractivity contribution is 0.0577. The maximum absolute atomic E-state index is 12.2. The third-order valence-electron chi connectivity index (χ3n) is 3.22. The molecular formula is C14H15NO4. The van der Waals surface area contributed by atoms with Gasteiger partial charge in [-0.25, -0.2) is 0 Å². The zero-order chi connectivity index (χ0) is 13.2. The fraction of sp³-hybridized carbons (Fsp3) is 0.357. The molecule has 1 fully saturated rings. The molecule has 5 heteroatoms. The Balaban J connectivity index is 1.83. The second kappa shape index (κ2) is 4.93. The van der Waals surface area contributed by atoms with Gasteiger partial charge in [0.2, 0.25) is 5.78 Å². The van der Waals surface area contributed by atoms with Gasteiger partial charge < -0.3 is 19.1 Å². The number of carbonyl (C=O) groups is 1. The summed E-state index contributed by atoms with van der Waals surface area (Å²) in [6.45, 7) is 2.91. The molecule has 5 nitrogen and oxygen atoms in total. The van der Waals surface area contributed by atoms with E-state index in [0.29, 0.717) is 36.0 Å². The highest BCUT2D eigenvalue weighted by Gasteiger charge is 2.28. The molecule has 19 heavy (non-hydrogen) atoms. The number of hydrogen-bond acceptors (Lipinski definition) is 5. The summed E-state index contributed by atoms with van der Waals surface area (Å²) in [6, 6.07) is 5.22. The van der Waals surface area contributed by atoms with E-state index in [0.717, 1.165) is 13.1 Å². The molecule has 0 saturated carbocycles. The molecule has 1 saturated heterocycles. The highest BCUT2D eigenvalue weighted by atomic mass is 16.5. The topological polar surface area (TPSA) is 48.0 Å². The lowest BCUT2D eigenvalue weighted by atomic mass is 10.1. The van der Waals surface area contributed by atoms with E-state index in [1.54, 1.807) is 31.5 Å². The van der Waals surface area contributed by atoms with Crippen LogP contribution in [0.15, 0.2) is 30.2 Å². The number of allylic oxidation sites excluding steroid dienone is 1. The van der Waals surface area contributed by atoms with Crippen LogP contribution >= 0.6 is 0 Å². The first-order chi connectivity index (χ1) is 9.28. The van der Waals surface area contributed by atoms with Gasteiger partial charge in [-0.05, 0) is 12.1 Å². The Morgan fingerprint density at radius 3 is 2.84 bits per heavy atom. The van der Waals surface area contributed by atoms with E-state index < -0.39 is 0 Å². The predicted octanol–water partition coefficient (Wildman–Crippen LogP) is 1.44. The van der Waals surface area contributed by atoms with Crippen LogP contribution in [-0.4, -0.2) is 44.1 Å². The Morgan fingerprint density at radius 1 is 1.32 bits per heavy atom. The number of Topliss-reactive ketones (excluding diaryl/α,β-unsaturated/α-hetero) is 1. The molecule has 0 amide bonds. The van der Waals surface area contributed by atoms with Crippen molar-refractivity contribution < 1.29 is 19.0 Å². The standard InChI is InChI=1S/C14H15NO4/c1-17-10-2-3-11-12(8-10)19-13(14(11)16)9-15-4-6-18-7-5-15/h2-3,8-9H,4-7H2,1H3/b13-9-. The number of morpholine rings is 1. The number of hydrogen-bond donors (Lipinski definition) is 0. The van der Waals surface area contributed by atoms with Crippen molar-refractivity contribution in [1.82, 2.24) is 4.90 Å². The molecule has 0 N–H and O–H groups in total. The maximum atomic E-state index is 12.2. The number of ketones is 1. The molecule has 0 unspecified atom stereocenters. The van der Waals surface area contributed by atoms with Gasteiger partial charge >= 0.3 is 0 Å². The van der Waals surface area contributed by atoms with Crippen LogP contribution in [-0.2, 0) is 4.74 Å². The first-order valence-corrected chi connectivity index (χ1v) is 6.22. The normalized spacial score (nSPS) is 20.4. The molecule has 2 aliphatic rings. The Kier molecular flexibility index (Phi) is 3.13. The van der Waals surface area contributed by atoms with Gasteiger partial charge in [-0.15, -0.1) is 0 Å². The molecule has 1 aromatic carbocycles. The molecule has 0 atom stereocenters. The lowest BCUT2D eigenvalue weighted by Gasteiger charge is -2.25. The number of rotatable bonds is 2. The summed E-state index contributed by atoms with van der Waals surface area (Å²) in [6.07, 6.45) is 1.78. The molecule has 3 rings (SSSR count). The predicted molar refractivity (Wildman–Crippen MR) is 68.4 cm³/mol. The van der Waals surface area contributed by atoms with Crippen LogP contribution in [0.2, 0.25) is 0 Å². The zero-order valence-corrected chi connectivity index (χ0v) is 10.7. The first-order valence-electron chi connectivity index (χ1n) is 6.22. The van der Waals surface area contributed by atoms with Crippen LogP contribution in [0.3, 0.4) is 0 Å². The molecular weight excluding hydrogens is 246 g/mol. The van der Waals surface area contributed by atoms with Crippen LogP contribution in [0.25, 0.3) is 0 Å². The average molecular weight is 261 g/mol. The summed E-state index contributed by atoms with van der Waals surface area (Å²) >= 11 is 0. The molecule has 0 aromatic heterocycles. The summed E-state index contributed by atoms with van der Waals surface area (Å²) in [4.78, 5) is 14.2. The minimum Gasteiger partial charge on any atom is -0.497 e. The summed E-state index contributed by atoms with van der Waals surface area (Å²) in [5.74, 6) is 1.53. The molecule has 0 aliphatic carbocycles. The fourth-order valence-electron chi connectivity index (χ4n) is 2.16. The van der Waals surface area contributed by atoms with Crippen LogP contribution in [0, 0.1) is 0 Å². The van der Waals surface area contributed by atoms with E-state index in [-0.39, 0.29) is 5.78 Å². The molecule has 1 aromatic rings. The van der Waals surface area contributed by atoms with Crippen molar-refractivity contribution in [3.8, 4) is 11.5 Å². The van der Waals surface area contributed by atoms with Gasteiger partial charge in [-0.1, -0.05) is 0 Å². The first kappa shape index (κ1) is 12.0. The van der Waals surface area contributed by atoms with Crippen molar-refractivity contribution in [1.29, 1.82) is 0 Å². The second-order valence-electron chi connectivity index (χ2n) is 4.43. The number of nitrogens with zero attached hydrogens (tertiary/aromatic N) is 1. The number of methoxy groups -OCH3 is 1. The van der Waals surface area contributed by atoms with Gasteiger partial charge in [0.25, 0.3) is 0 Å². The quantitative estimate of drug-likeness (QED) is 0.754. The smallest absolute Gasteiger partial charge is 0.233 e. The summed E-state index contributed by atoms with van der Waals surface area (Å²) in [7, 11) is 1.59. The van der Waals surface area contributed by atoms with Crippen molar-refractivity contribution in [3.05, 3.63) is 35.7 Å². The van der Waals surface area contributed by atoms with E-state index in [4.69, 9.17) is 14.2 Å². The largest absolute Gasteiger partial charge is 0.497 e. The van der Waals surface area contributed by atoms with E-state index in [9.17, 15) is 4.79 Å². The molecule has 2 aliphatic heterocycles. The van der Waals surface area contributed by atoms with E-state index in [2.05, 4.69) is 0 Å². The molecule has 0 bridgehead atoms. The summed E-state index contributed by atoms with van der Waals surface area (Å²) < 4.78 is 16.0. The van der Waals surface area contributed by atoms with E-state index in [1.165, 1.54) is 0 Å². The Hall–Kier alpha value is -2.01. The molecule has 100 valence electrons.